The molecule has 3 unspecified atom stereocenters. The first-order valence-electron chi connectivity index (χ1n) is 6.81. The van der Waals surface area contributed by atoms with Gasteiger partial charge < -0.3 is 10.2 Å². The molecule has 0 radical (unpaired) electrons. The molecule has 2 aliphatic heterocycles. The standard InChI is InChI=1S/C13H22N2O2S2/c1-8(2)11-12(16)14-9(3)13(17)15(11)6-10-7-18-4-5-19-10/h8-11H,4-7H2,1-3H3,(H,14,16). The molecule has 2 saturated heterocycles. The number of hydrogen-bond acceptors (Lipinski definition) is 4. The summed E-state index contributed by atoms with van der Waals surface area (Å²) in [5.41, 5.74) is 0. The van der Waals surface area contributed by atoms with Gasteiger partial charge in [0.1, 0.15) is 12.1 Å². The Balaban J connectivity index is 2.11. The zero-order valence-corrected chi connectivity index (χ0v) is 13.4. The van der Waals surface area contributed by atoms with Crippen LogP contribution in [0, 0.1) is 5.92 Å². The number of nitrogens with zero attached hydrogens (tertiary/aromatic N) is 1. The highest BCUT2D eigenvalue weighted by molar-refractivity contribution is 8.06. The summed E-state index contributed by atoms with van der Waals surface area (Å²) >= 11 is 3.87. The van der Waals surface area contributed by atoms with Crippen LogP contribution in [-0.4, -0.2) is 57.9 Å². The van der Waals surface area contributed by atoms with Crippen molar-refractivity contribution in [1.82, 2.24) is 10.2 Å². The molecule has 19 heavy (non-hydrogen) atoms. The quantitative estimate of drug-likeness (QED) is 0.851. The van der Waals surface area contributed by atoms with Gasteiger partial charge in [-0.3, -0.25) is 9.59 Å². The molecular formula is C13H22N2O2S2. The second-order valence-electron chi connectivity index (χ2n) is 5.48. The number of amides is 2. The Labute approximate surface area is 123 Å². The van der Waals surface area contributed by atoms with Crippen LogP contribution in [0.3, 0.4) is 0 Å². The molecule has 4 nitrogen and oxygen atoms in total. The van der Waals surface area contributed by atoms with Crippen LogP contribution in [-0.2, 0) is 9.59 Å². The van der Waals surface area contributed by atoms with E-state index in [0.29, 0.717) is 11.8 Å². The third-order valence-electron chi connectivity index (χ3n) is 3.53. The monoisotopic (exact) mass is 302 g/mol. The van der Waals surface area contributed by atoms with E-state index in [1.807, 2.05) is 42.3 Å². The maximum atomic E-state index is 12.4. The summed E-state index contributed by atoms with van der Waals surface area (Å²) in [4.78, 5) is 26.3. The summed E-state index contributed by atoms with van der Waals surface area (Å²) in [7, 11) is 0. The Kier molecular flexibility index (Phi) is 5.06. The molecule has 2 amide bonds. The molecule has 3 atom stereocenters. The third kappa shape index (κ3) is 3.40. The fourth-order valence-corrected chi connectivity index (χ4v) is 5.28. The van der Waals surface area contributed by atoms with Crippen molar-refractivity contribution in [2.24, 2.45) is 5.92 Å². The summed E-state index contributed by atoms with van der Waals surface area (Å²) < 4.78 is 0. The van der Waals surface area contributed by atoms with Gasteiger partial charge in [0.25, 0.3) is 0 Å². The number of piperazine rings is 1. The average molecular weight is 302 g/mol. The maximum Gasteiger partial charge on any atom is 0.245 e. The highest BCUT2D eigenvalue weighted by atomic mass is 32.2. The predicted octanol–water partition coefficient (Wildman–Crippen LogP) is 1.21. The minimum absolute atomic E-state index is 0.00411. The molecule has 2 rings (SSSR count). The minimum atomic E-state index is -0.385. The Morgan fingerprint density at radius 2 is 2.11 bits per heavy atom. The van der Waals surface area contributed by atoms with Crippen molar-refractivity contribution in [1.29, 1.82) is 0 Å². The zero-order valence-electron chi connectivity index (χ0n) is 11.7. The van der Waals surface area contributed by atoms with Gasteiger partial charge in [0, 0.05) is 29.1 Å². The molecule has 108 valence electrons. The van der Waals surface area contributed by atoms with Crippen molar-refractivity contribution in [3.8, 4) is 0 Å². The van der Waals surface area contributed by atoms with Gasteiger partial charge in [-0.25, -0.2) is 0 Å². The number of nitrogens with one attached hydrogen (secondary N) is 1. The molecule has 0 aliphatic carbocycles. The molecule has 0 aromatic heterocycles. The summed E-state index contributed by atoms with van der Waals surface area (Å²) in [6.45, 7) is 6.48. The SMILES string of the molecule is CC1NC(=O)C(C(C)C)N(CC2CSCCS2)C1=O. The maximum absolute atomic E-state index is 12.4. The number of carbonyl (C=O) groups is 2. The molecule has 2 fully saturated rings. The lowest BCUT2D eigenvalue weighted by Gasteiger charge is -2.41. The van der Waals surface area contributed by atoms with E-state index in [1.54, 1.807) is 6.92 Å². The molecule has 6 heteroatoms. The lowest BCUT2D eigenvalue weighted by molar-refractivity contribution is -0.150. The van der Waals surface area contributed by atoms with Gasteiger partial charge in [-0.1, -0.05) is 13.8 Å². The second-order valence-corrected chi connectivity index (χ2v) is 8.04. The van der Waals surface area contributed by atoms with Crippen LogP contribution in [0.2, 0.25) is 0 Å². The van der Waals surface area contributed by atoms with Crippen molar-refractivity contribution >= 4 is 35.3 Å². The zero-order chi connectivity index (χ0) is 14.0. The lowest BCUT2D eigenvalue weighted by Crippen LogP contribution is -2.65. The van der Waals surface area contributed by atoms with E-state index in [-0.39, 0.29) is 29.8 Å². The molecule has 1 N–H and O–H groups in total. The van der Waals surface area contributed by atoms with E-state index in [0.717, 1.165) is 11.5 Å². The lowest BCUT2D eigenvalue weighted by atomic mass is 9.97. The van der Waals surface area contributed by atoms with Crippen molar-refractivity contribution in [3.05, 3.63) is 0 Å². The van der Waals surface area contributed by atoms with E-state index in [1.165, 1.54) is 5.75 Å². The minimum Gasteiger partial charge on any atom is -0.343 e. The topological polar surface area (TPSA) is 49.4 Å². The first kappa shape index (κ1) is 15.0. The fourth-order valence-electron chi connectivity index (χ4n) is 2.62. The van der Waals surface area contributed by atoms with E-state index < -0.39 is 0 Å². The molecule has 0 aromatic carbocycles. The predicted molar refractivity (Wildman–Crippen MR) is 81.5 cm³/mol. The van der Waals surface area contributed by atoms with Gasteiger partial charge in [-0.2, -0.15) is 23.5 Å². The third-order valence-corrected chi connectivity index (χ3v) is 6.36. The van der Waals surface area contributed by atoms with E-state index >= 15 is 0 Å². The van der Waals surface area contributed by atoms with Crippen molar-refractivity contribution in [2.75, 3.05) is 23.8 Å². The number of hydrogen-bond donors (Lipinski definition) is 1. The van der Waals surface area contributed by atoms with E-state index in [2.05, 4.69) is 5.32 Å². The van der Waals surface area contributed by atoms with Gasteiger partial charge in [0.15, 0.2) is 0 Å². The average Bonchev–Trinajstić information content (AvgIpc) is 2.36. The summed E-state index contributed by atoms with van der Waals surface area (Å²) in [5.74, 6) is 3.63. The Hall–Kier alpha value is -0.360. The first-order valence-corrected chi connectivity index (χ1v) is 9.01. The normalized spacial score (nSPS) is 32.6. The fraction of sp³-hybridized carbons (Fsp3) is 0.846. The Morgan fingerprint density at radius 1 is 1.37 bits per heavy atom. The van der Waals surface area contributed by atoms with Crippen LogP contribution in [0.1, 0.15) is 20.8 Å². The van der Waals surface area contributed by atoms with Crippen LogP contribution < -0.4 is 5.32 Å². The highest BCUT2D eigenvalue weighted by Gasteiger charge is 2.41. The molecule has 2 heterocycles. The van der Waals surface area contributed by atoms with Gasteiger partial charge in [0.05, 0.1) is 0 Å². The van der Waals surface area contributed by atoms with Crippen LogP contribution in [0.4, 0.5) is 0 Å². The molecule has 0 saturated carbocycles. The van der Waals surface area contributed by atoms with Gasteiger partial charge in [0.2, 0.25) is 11.8 Å². The van der Waals surface area contributed by atoms with Crippen LogP contribution in [0.15, 0.2) is 0 Å². The van der Waals surface area contributed by atoms with Crippen LogP contribution >= 0.6 is 23.5 Å². The largest absolute Gasteiger partial charge is 0.343 e. The van der Waals surface area contributed by atoms with Gasteiger partial charge in [-0.15, -0.1) is 0 Å². The van der Waals surface area contributed by atoms with Crippen LogP contribution in [0.25, 0.3) is 0 Å². The van der Waals surface area contributed by atoms with E-state index in [9.17, 15) is 9.59 Å². The van der Waals surface area contributed by atoms with Crippen molar-refractivity contribution < 1.29 is 9.59 Å². The molecule has 0 aromatic rings. The summed E-state index contributed by atoms with van der Waals surface area (Å²) in [6.07, 6.45) is 0. The Bertz CT molecular complexity index is 357. The second kappa shape index (κ2) is 6.39. The number of rotatable bonds is 3. The van der Waals surface area contributed by atoms with E-state index in [4.69, 9.17) is 0 Å². The molecular weight excluding hydrogens is 280 g/mol. The number of thioether (sulfide) groups is 2. The summed E-state index contributed by atoms with van der Waals surface area (Å²) in [6, 6.07) is -0.694. The van der Waals surface area contributed by atoms with Gasteiger partial charge in [-0.05, 0) is 12.8 Å². The van der Waals surface area contributed by atoms with Crippen LogP contribution in [0.5, 0.6) is 0 Å². The Morgan fingerprint density at radius 3 is 2.68 bits per heavy atom. The molecule has 2 aliphatic rings. The first-order chi connectivity index (χ1) is 9.00. The van der Waals surface area contributed by atoms with Crippen molar-refractivity contribution in [2.45, 2.75) is 38.1 Å². The highest BCUT2D eigenvalue weighted by Crippen LogP contribution is 2.27. The molecule has 0 bridgehead atoms. The van der Waals surface area contributed by atoms with Crippen molar-refractivity contribution in [3.63, 3.8) is 0 Å². The smallest absolute Gasteiger partial charge is 0.245 e. The van der Waals surface area contributed by atoms with Gasteiger partial charge >= 0.3 is 0 Å². The molecule has 0 spiro atoms. The summed E-state index contributed by atoms with van der Waals surface area (Å²) in [5, 5.41) is 3.25. The number of carbonyl (C=O) groups excluding carboxylic acids is 2.